The molecule has 0 bridgehead atoms. The first kappa shape index (κ1) is 278. The van der Waals surface area contributed by atoms with Crippen LogP contribution in [-0.2, 0) is 0 Å². The summed E-state index contributed by atoms with van der Waals surface area (Å²) in [5, 5.41) is 0. The third-order valence-electron chi connectivity index (χ3n) is 0. The fourth-order valence-electron chi connectivity index (χ4n) is 0. The number of hydrogen-bond acceptors (Lipinski definition) is 0. The summed E-state index contributed by atoms with van der Waals surface area (Å²) in [6, 6.07) is 0. The summed E-state index contributed by atoms with van der Waals surface area (Å²) in [5.74, 6) is 0. The largest absolute Gasteiger partial charge is 2.00 e. The second kappa shape index (κ2) is 204. The van der Waals surface area contributed by atoms with Gasteiger partial charge < -0.3 is 80.8 Å². The SMILES string of the molecule is O.O.O.O.O.O.[I-].[I-].[Mg+2]. The van der Waals surface area contributed by atoms with Crippen molar-refractivity contribution in [1.29, 1.82) is 0 Å². The molecule has 9 heavy (non-hydrogen) atoms. The molecule has 9 heteroatoms. The van der Waals surface area contributed by atoms with Crippen molar-refractivity contribution < 1.29 is 80.8 Å². The Morgan fingerprint density at radius 3 is 0.333 bits per heavy atom. The molecule has 0 aromatic heterocycles. The molecule has 0 amide bonds. The van der Waals surface area contributed by atoms with Gasteiger partial charge in [0.25, 0.3) is 0 Å². The molecule has 0 rings (SSSR count). The van der Waals surface area contributed by atoms with Crippen LogP contribution in [0.1, 0.15) is 0 Å². The molecule has 0 fully saturated rings. The minimum absolute atomic E-state index is 0. The molecule has 0 aliphatic heterocycles. The van der Waals surface area contributed by atoms with Crippen LogP contribution in [0.25, 0.3) is 0 Å². The van der Waals surface area contributed by atoms with Crippen molar-refractivity contribution in [1.82, 2.24) is 0 Å². The molecule has 0 radical (unpaired) electrons. The quantitative estimate of drug-likeness (QED) is 0.283. The van der Waals surface area contributed by atoms with Crippen LogP contribution in [0.15, 0.2) is 0 Å². The molecule has 0 spiro atoms. The fourth-order valence-corrected chi connectivity index (χ4v) is 0. The average Bonchev–Trinajstić information content (AvgIpc) is 0. The molecular weight excluding hydrogens is 374 g/mol. The predicted octanol–water partition coefficient (Wildman–Crippen LogP) is -11.3. The third-order valence-corrected chi connectivity index (χ3v) is 0. The van der Waals surface area contributed by atoms with E-state index >= 15 is 0 Å². The van der Waals surface area contributed by atoms with Crippen molar-refractivity contribution in [3.05, 3.63) is 0 Å². The second-order valence-electron chi connectivity index (χ2n) is 0. The van der Waals surface area contributed by atoms with Crippen LogP contribution < -0.4 is 48.0 Å². The van der Waals surface area contributed by atoms with E-state index in [1.165, 1.54) is 0 Å². The van der Waals surface area contributed by atoms with Crippen molar-refractivity contribution in [3.63, 3.8) is 0 Å². The Morgan fingerprint density at radius 1 is 0.333 bits per heavy atom. The Balaban J connectivity index is 0. The maximum absolute atomic E-state index is 0. The topological polar surface area (TPSA) is 189 Å². The molecule has 0 unspecified atom stereocenters. The monoisotopic (exact) mass is 386 g/mol. The normalized spacial score (nSPS) is 0. The molecule has 0 heterocycles. The minimum atomic E-state index is 0. The van der Waals surface area contributed by atoms with Crippen LogP contribution in [0.5, 0.6) is 0 Å². The van der Waals surface area contributed by atoms with Crippen LogP contribution in [-0.4, -0.2) is 55.9 Å². The van der Waals surface area contributed by atoms with E-state index in [9.17, 15) is 0 Å². The Labute approximate surface area is 103 Å². The predicted molar refractivity (Wildman–Crippen MR) is 27.4 cm³/mol. The molecular formula is H12I2MgO6. The number of hydrogen-bond donors (Lipinski definition) is 0. The van der Waals surface area contributed by atoms with Gasteiger partial charge in [-0.3, -0.25) is 0 Å². The van der Waals surface area contributed by atoms with Crippen LogP contribution in [0.2, 0.25) is 0 Å². The van der Waals surface area contributed by atoms with Gasteiger partial charge in [-0.25, -0.2) is 0 Å². The summed E-state index contributed by atoms with van der Waals surface area (Å²) < 4.78 is 0. The minimum Gasteiger partial charge on any atom is -1.00 e. The molecule has 0 saturated heterocycles. The van der Waals surface area contributed by atoms with E-state index in [-0.39, 0.29) is 104 Å². The molecule has 0 aromatic rings. The molecule has 64 valence electrons. The van der Waals surface area contributed by atoms with Crippen molar-refractivity contribution in [2.24, 2.45) is 0 Å². The zero-order valence-electron chi connectivity index (χ0n) is 4.46. The zero-order valence-corrected chi connectivity index (χ0v) is 10.2. The average molecular weight is 386 g/mol. The maximum atomic E-state index is 0. The Hall–Kier alpha value is 1.99. The van der Waals surface area contributed by atoms with Crippen LogP contribution in [0.3, 0.4) is 0 Å². The van der Waals surface area contributed by atoms with Crippen molar-refractivity contribution >= 4 is 23.1 Å². The van der Waals surface area contributed by atoms with E-state index in [0.29, 0.717) is 0 Å². The van der Waals surface area contributed by atoms with Gasteiger partial charge >= 0.3 is 23.1 Å². The maximum Gasteiger partial charge on any atom is 2.00 e. The van der Waals surface area contributed by atoms with E-state index in [4.69, 9.17) is 0 Å². The summed E-state index contributed by atoms with van der Waals surface area (Å²) in [5.41, 5.74) is 0. The van der Waals surface area contributed by atoms with E-state index in [1.807, 2.05) is 0 Å². The van der Waals surface area contributed by atoms with Gasteiger partial charge in [-0.05, 0) is 0 Å². The summed E-state index contributed by atoms with van der Waals surface area (Å²) >= 11 is 0. The first-order valence-corrected chi connectivity index (χ1v) is 0. The van der Waals surface area contributed by atoms with Gasteiger partial charge in [0, 0.05) is 0 Å². The zero-order chi connectivity index (χ0) is 0. The van der Waals surface area contributed by atoms with Crippen LogP contribution in [0, 0.1) is 0 Å². The van der Waals surface area contributed by atoms with Gasteiger partial charge in [0.15, 0.2) is 0 Å². The molecule has 0 aliphatic carbocycles. The molecule has 0 aliphatic rings. The van der Waals surface area contributed by atoms with E-state index < -0.39 is 0 Å². The first-order valence-electron chi connectivity index (χ1n) is 0. The Bertz CT molecular complexity index is 11.0. The molecule has 0 atom stereocenters. The van der Waals surface area contributed by atoms with Gasteiger partial charge in [0.1, 0.15) is 0 Å². The summed E-state index contributed by atoms with van der Waals surface area (Å²) in [7, 11) is 0. The second-order valence-corrected chi connectivity index (χ2v) is 0. The molecule has 6 nitrogen and oxygen atoms in total. The van der Waals surface area contributed by atoms with Crippen LogP contribution in [0.4, 0.5) is 0 Å². The fraction of sp³-hybridized carbons (Fsp3) is 0. The summed E-state index contributed by atoms with van der Waals surface area (Å²) in [4.78, 5) is 0. The van der Waals surface area contributed by atoms with E-state index in [0.717, 1.165) is 0 Å². The Kier molecular flexibility index (Phi) is 6310. The van der Waals surface area contributed by atoms with E-state index in [1.54, 1.807) is 0 Å². The third kappa shape index (κ3) is 161. The molecule has 0 aromatic carbocycles. The molecule has 12 N–H and O–H groups in total. The standard InChI is InChI=1S/2HI.Mg.6H2O/h2*1H;;6*1H2/q;;+2;;;;;;/p-2. The van der Waals surface area contributed by atoms with Gasteiger partial charge in [0.05, 0.1) is 0 Å². The van der Waals surface area contributed by atoms with Gasteiger partial charge in [-0.1, -0.05) is 0 Å². The van der Waals surface area contributed by atoms with Crippen molar-refractivity contribution in [3.8, 4) is 0 Å². The van der Waals surface area contributed by atoms with Crippen molar-refractivity contribution in [2.75, 3.05) is 0 Å². The summed E-state index contributed by atoms with van der Waals surface area (Å²) in [6.07, 6.45) is 0. The van der Waals surface area contributed by atoms with Crippen LogP contribution >= 0.6 is 0 Å². The van der Waals surface area contributed by atoms with Crippen molar-refractivity contribution in [2.45, 2.75) is 0 Å². The van der Waals surface area contributed by atoms with Gasteiger partial charge in [-0.15, -0.1) is 0 Å². The van der Waals surface area contributed by atoms with Gasteiger partial charge in [-0.2, -0.15) is 0 Å². The molecule has 0 saturated carbocycles. The Morgan fingerprint density at radius 2 is 0.333 bits per heavy atom. The van der Waals surface area contributed by atoms with E-state index in [2.05, 4.69) is 0 Å². The van der Waals surface area contributed by atoms with Gasteiger partial charge in [0.2, 0.25) is 0 Å². The number of rotatable bonds is 0. The first-order chi connectivity index (χ1) is 0. The smallest absolute Gasteiger partial charge is 1.00 e. The summed E-state index contributed by atoms with van der Waals surface area (Å²) in [6.45, 7) is 0. The number of halogens is 2.